The largest absolute Gasteiger partial charge is 0.342 e. The summed E-state index contributed by atoms with van der Waals surface area (Å²) in [5, 5.41) is 6.31. The van der Waals surface area contributed by atoms with Gasteiger partial charge in [-0.1, -0.05) is 29.8 Å². The second-order valence-electron chi connectivity index (χ2n) is 6.79. The van der Waals surface area contributed by atoms with Gasteiger partial charge >= 0.3 is 0 Å². The van der Waals surface area contributed by atoms with Gasteiger partial charge in [-0.25, -0.2) is 0 Å². The number of likely N-dealkylation sites (tertiary alicyclic amines) is 1. The second kappa shape index (κ2) is 7.08. The number of amides is 1. The zero-order valence-corrected chi connectivity index (χ0v) is 15.5. The first-order valence-corrected chi connectivity index (χ1v) is 9.30. The SMILES string of the molecule is Cn1nc(CC(=O)N2CCC(c3ncccc3Cl)CC2)c2ccccc21. The number of halogens is 1. The van der Waals surface area contributed by atoms with Crippen LogP contribution in [0, 0.1) is 0 Å². The zero-order chi connectivity index (χ0) is 18.1. The van der Waals surface area contributed by atoms with Crippen LogP contribution in [0.15, 0.2) is 42.6 Å². The number of aryl methyl sites for hydroxylation is 1. The van der Waals surface area contributed by atoms with E-state index in [1.807, 2.05) is 53.0 Å². The van der Waals surface area contributed by atoms with Crippen LogP contribution in [0.3, 0.4) is 0 Å². The van der Waals surface area contributed by atoms with Gasteiger partial charge in [0.1, 0.15) is 0 Å². The lowest BCUT2D eigenvalue weighted by Crippen LogP contribution is -2.39. The van der Waals surface area contributed by atoms with E-state index in [1.165, 1.54) is 0 Å². The molecule has 3 aromatic rings. The van der Waals surface area contributed by atoms with E-state index in [-0.39, 0.29) is 5.91 Å². The number of hydrogen-bond acceptors (Lipinski definition) is 3. The van der Waals surface area contributed by atoms with Crippen LogP contribution in [-0.2, 0) is 18.3 Å². The maximum atomic E-state index is 12.8. The molecule has 0 bridgehead atoms. The zero-order valence-electron chi connectivity index (χ0n) is 14.7. The smallest absolute Gasteiger partial charge is 0.228 e. The standard InChI is InChI=1S/C20H21ClN4O/c1-24-18-7-3-2-5-15(18)17(23-24)13-19(26)25-11-8-14(9-12-25)20-16(21)6-4-10-22-20/h2-7,10,14H,8-9,11-13H2,1H3. The molecule has 5 nitrogen and oxygen atoms in total. The molecule has 134 valence electrons. The first kappa shape index (κ1) is 17.0. The molecule has 3 heterocycles. The molecule has 0 spiro atoms. The molecule has 1 amide bonds. The lowest BCUT2D eigenvalue weighted by molar-refractivity contribution is -0.131. The topological polar surface area (TPSA) is 51.0 Å². The minimum absolute atomic E-state index is 0.138. The Balaban J connectivity index is 1.43. The Bertz CT molecular complexity index is 944. The van der Waals surface area contributed by atoms with Crippen LogP contribution in [0.4, 0.5) is 0 Å². The summed E-state index contributed by atoms with van der Waals surface area (Å²) in [5.74, 6) is 0.461. The number of nitrogens with zero attached hydrogens (tertiary/aromatic N) is 4. The number of pyridine rings is 1. The number of hydrogen-bond donors (Lipinski definition) is 0. The summed E-state index contributed by atoms with van der Waals surface area (Å²) in [6.07, 6.45) is 3.91. The van der Waals surface area contributed by atoms with Crippen molar-refractivity contribution >= 4 is 28.4 Å². The van der Waals surface area contributed by atoms with Gasteiger partial charge in [0.05, 0.1) is 28.3 Å². The van der Waals surface area contributed by atoms with E-state index < -0.39 is 0 Å². The summed E-state index contributed by atoms with van der Waals surface area (Å²) in [5.41, 5.74) is 2.86. The van der Waals surface area contributed by atoms with Crippen LogP contribution < -0.4 is 0 Å². The Morgan fingerprint density at radius 2 is 1.96 bits per heavy atom. The Kier molecular flexibility index (Phi) is 4.64. The number of piperidine rings is 1. The lowest BCUT2D eigenvalue weighted by Gasteiger charge is -2.32. The predicted octanol–water partition coefficient (Wildman–Crippen LogP) is 3.57. The molecule has 1 fully saturated rings. The van der Waals surface area contributed by atoms with Gasteiger partial charge < -0.3 is 4.90 Å². The van der Waals surface area contributed by atoms with Crippen LogP contribution in [0.2, 0.25) is 5.02 Å². The van der Waals surface area contributed by atoms with E-state index in [2.05, 4.69) is 10.1 Å². The molecule has 2 aromatic heterocycles. The van der Waals surface area contributed by atoms with E-state index in [1.54, 1.807) is 6.20 Å². The van der Waals surface area contributed by atoms with Crippen LogP contribution in [0.1, 0.15) is 30.1 Å². The average Bonchev–Trinajstić information content (AvgIpc) is 2.98. The highest BCUT2D eigenvalue weighted by Crippen LogP contribution is 2.31. The van der Waals surface area contributed by atoms with Crippen molar-refractivity contribution in [2.75, 3.05) is 13.1 Å². The number of carbonyl (C=O) groups is 1. The van der Waals surface area contributed by atoms with Crippen molar-refractivity contribution in [3.63, 3.8) is 0 Å². The Labute approximate surface area is 157 Å². The number of rotatable bonds is 3. The molecular weight excluding hydrogens is 348 g/mol. The number of fused-ring (bicyclic) bond motifs is 1. The van der Waals surface area contributed by atoms with Gasteiger partial charge in [0.25, 0.3) is 0 Å². The third-order valence-corrected chi connectivity index (χ3v) is 5.49. The van der Waals surface area contributed by atoms with Crippen molar-refractivity contribution in [3.05, 3.63) is 59.0 Å². The fourth-order valence-electron chi connectivity index (χ4n) is 3.77. The van der Waals surface area contributed by atoms with Crippen molar-refractivity contribution in [1.82, 2.24) is 19.7 Å². The van der Waals surface area contributed by atoms with Crippen molar-refractivity contribution in [2.45, 2.75) is 25.2 Å². The van der Waals surface area contributed by atoms with Gasteiger partial charge in [-0.15, -0.1) is 0 Å². The molecule has 0 atom stereocenters. The third kappa shape index (κ3) is 3.19. The minimum Gasteiger partial charge on any atom is -0.342 e. The summed E-state index contributed by atoms with van der Waals surface area (Å²) in [6, 6.07) is 11.8. The van der Waals surface area contributed by atoms with Crippen molar-refractivity contribution in [1.29, 1.82) is 0 Å². The van der Waals surface area contributed by atoms with E-state index in [0.717, 1.165) is 53.2 Å². The van der Waals surface area contributed by atoms with Crippen LogP contribution in [-0.4, -0.2) is 38.7 Å². The van der Waals surface area contributed by atoms with Gasteiger partial charge in [-0.05, 0) is 31.0 Å². The molecular formula is C20H21ClN4O. The molecule has 1 aliphatic rings. The highest BCUT2D eigenvalue weighted by Gasteiger charge is 2.26. The number of carbonyl (C=O) groups excluding carboxylic acids is 1. The maximum Gasteiger partial charge on any atom is 0.228 e. The molecule has 0 unspecified atom stereocenters. The van der Waals surface area contributed by atoms with E-state index >= 15 is 0 Å². The van der Waals surface area contributed by atoms with Crippen LogP contribution >= 0.6 is 11.6 Å². The fourth-order valence-corrected chi connectivity index (χ4v) is 4.05. The molecule has 0 radical (unpaired) electrons. The second-order valence-corrected chi connectivity index (χ2v) is 7.20. The van der Waals surface area contributed by atoms with Crippen LogP contribution in [0.5, 0.6) is 0 Å². The summed E-state index contributed by atoms with van der Waals surface area (Å²) < 4.78 is 1.84. The molecule has 26 heavy (non-hydrogen) atoms. The average molecular weight is 369 g/mol. The van der Waals surface area contributed by atoms with Gasteiger partial charge in [-0.2, -0.15) is 5.10 Å². The Hall–Kier alpha value is -2.40. The normalized spacial score (nSPS) is 15.5. The molecule has 1 aliphatic heterocycles. The molecule has 6 heteroatoms. The highest BCUT2D eigenvalue weighted by molar-refractivity contribution is 6.31. The summed E-state index contributed by atoms with van der Waals surface area (Å²) >= 11 is 6.27. The minimum atomic E-state index is 0.138. The number of benzene rings is 1. The maximum absolute atomic E-state index is 12.8. The van der Waals surface area contributed by atoms with Gasteiger partial charge in [0.15, 0.2) is 0 Å². The van der Waals surface area contributed by atoms with E-state index in [9.17, 15) is 4.79 Å². The van der Waals surface area contributed by atoms with Gasteiger partial charge in [0.2, 0.25) is 5.91 Å². The molecule has 4 rings (SSSR count). The van der Waals surface area contributed by atoms with Crippen LogP contribution in [0.25, 0.3) is 10.9 Å². The fraction of sp³-hybridized carbons (Fsp3) is 0.350. The molecule has 0 N–H and O–H groups in total. The highest BCUT2D eigenvalue weighted by atomic mass is 35.5. The predicted molar refractivity (Wildman–Crippen MR) is 102 cm³/mol. The van der Waals surface area contributed by atoms with Crippen molar-refractivity contribution in [2.24, 2.45) is 7.05 Å². The molecule has 1 aromatic carbocycles. The Morgan fingerprint density at radius 3 is 2.73 bits per heavy atom. The lowest BCUT2D eigenvalue weighted by atomic mass is 9.92. The number of aromatic nitrogens is 3. The summed E-state index contributed by atoms with van der Waals surface area (Å²) in [4.78, 5) is 19.1. The Morgan fingerprint density at radius 1 is 1.19 bits per heavy atom. The number of para-hydroxylation sites is 1. The van der Waals surface area contributed by atoms with E-state index in [0.29, 0.717) is 12.3 Å². The molecule has 0 saturated carbocycles. The molecule has 1 saturated heterocycles. The summed E-state index contributed by atoms with van der Waals surface area (Å²) in [6.45, 7) is 1.47. The monoisotopic (exact) mass is 368 g/mol. The van der Waals surface area contributed by atoms with Gasteiger partial charge in [0, 0.05) is 37.6 Å². The first-order chi connectivity index (χ1) is 12.6. The third-order valence-electron chi connectivity index (χ3n) is 5.17. The van der Waals surface area contributed by atoms with Gasteiger partial charge in [-0.3, -0.25) is 14.5 Å². The summed E-state index contributed by atoms with van der Waals surface area (Å²) in [7, 11) is 1.92. The van der Waals surface area contributed by atoms with E-state index in [4.69, 9.17) is 11.6 Å². The quantitative estimate of drug-likeness (QED) is 0.710. The molecule has 0 aliphatic carbocycles. The van der Waals surface area contributed by atoms with Crippen molar-refractivity contribution < 1.29 is 4.79 Å². The first-order valence-electron chi connectivity index (χ1n) is 8.92. The van der Waals surface area contributed by atoms with Crippen molar-refractivity contribution in [3.8, 4) is 0 Å².